The number of nitrogens with zero attached hydrogens (tertiary/aromatic N) is 1. The molecule has 3 rings (SSSR count). The summed E-state index contributed by atoms with van der Waals surface area (Å²) in [6.45, 7) is 3.97. The van der Waals surface area contributed by atoms with Crippen LogP contribution in [0.4, 0.5) is 5.69 Å². The van der Waals surface area contributed by atoms with E-state index >= 15 is 0 Å². The lowest BCUT2D eigenvalue weighted by Crippen LogP contribution is -2.15. The molecular formula is C13H14N2O2S. The van der Waals surface area contributed by atoms with Crippen molar-refractivity contribution in [2.75, 3.05) is 18.5 Å². The van der Waals surface area contributed by atoms with Crippen LogP contribution >= 0.6 is 11.3 Å². The SMILES string of the molecule is Cc1csc(CNc2ccc3c(c2)OCCO3)n1. The van der Waals surface area contributed by atoms with Gasteiger partial charge in [0.1, 0.15) is 18.2 Å². The van der Waals surface area contributed by atoms with Crippen molar-refractivity contribution in [3.63, 3.8) is 0 Å². The van der Waals surface area contributed by atoms with Crippen molar-refractivity contribution in [2.24, 2.45) is 0 Å². The summed E-state index contributed by atoms with van der Waals surface area (Å²) < 4.78 is 11.0. The standard InChI is InChI=1S/C13H14N2O2S/c1-9-8-18-13(15-9)7-14-10-2-3-11-12(6-10)17-5-4-16-11/h2-3,6,8,14H,4-5,7H2,1H3. The molecule has 0 saturated carbocycles. The van der Waals surface area contributed by atoms with Crippen LogP contribution in [0.15, 0.2) is 23.6 Å². The second kappa shape index (κ2) is 4.86. The highest BCUT2D eigenvalue weighted by atomic mass is 32.1. The molecule has 0 aliphatic carbocycles. The van der Waals surface area contributed by atoms with E-state index < -0.39 is 0 Å². The number of nitrogens with one attached hydrogen (secondary N) is 1. The molecule has 1 N–H and O–H groups in total. The van der Waals surface area contributed by atoms with Crippen molar-refractivity contribution in [2.45, 2.75) is 13.5 Å². The number of hydrogen-bond acceptors (Lipinski definition) is 5. The van der Waals surface area contributed by atoms with Gasteiger partial charge in [-0.2, -0.15) is 0 Å². The topological polar surface area (TPSA) is 43.4 Å². The van der Waals surface area contributed by atoms with Crippen LogP contribution in [0.3, 0.4) is 0 Å². The van der Waals surface area contributed by atoms with E-state index in [1.165, 1.54) is 0 Å². The second-order valence-electron chi connectivity index (χ2n) is 4.09. The predicted octanol–water partition coefficient (Wildman–Crippen LogP) is 2.83. The number of fused-ring (bicyclic) bond motifs is 1. The highest BCUT2D eigenvalue weighted by Crippen LogP contribution is 2.32. The molecule has 0 unspecified atom stereocenters. The van der Waals surface area contributed by atoms with E-state index in [1.807, 2.05) is 25.1 Å². The molecule has 1 aliphatic rings. The van der Waals surface area contributed by atoms with Crippen molar-refractivity contribution < 1.29 is 9.47 Å². The molecule has 0 fully saturated rings. The van der Waals surface area contributed by atoms with E-state index in [9.17, 15) is 0 Å². The monoisotopic (exact) mass is 262 g/mol. The van der Waals surface area contributed by atoms with Crippen LogP contribution in [-0.4, -0.2) is 18.2 Å². The van der Waals surface area contributed by atoms with Crippen LogP contribution in [0.2, 0.25) is 0 Å². The largest absolute Gasteiger partial charge is 0.486 e. The Balaban J connectivity index is 1.69. The van der Waals surface area contributed by atoms with Gasteiger partial charge in [-0.25, -0.2) is 4.98 Å². The van der Waals surface area contributed by atoms with E-state index in [0.717, 1.165) is 34.4 Å². The molecule has 1 aliphatic heterocycles. The predicted molar refractivity (Wildman–Crippen MR) is 71.6 cm³/mol. The van der Waals surface area contributed by atoms with Crippen LogP contribution in [0.25, 0.3) is 0 Å². The number of rotatable bonds is 3. The summed E-state index contributed by atoms with van der Waals surface area (Å²) in [5.41, 5.74) is 2.09. The van der Waals surface area contributed by atoms with E-state index in [4.69, 9.17) is 9.47 Å². The Bertz CT molecular complexity index is 554. The molecule has 0 radical (unpaired) electrons. The maximum Gasteiger partial charge on any atom is 0.163 e. The quantitative estimate of drug-likeness (QED) is 0.923. The Morgan fingerprint density at radius 2 is 2.11 bits per heavy atom. The summed E-state index contributed by atoms with van der Waals surface area (Å²) in [7, 11) is 0. The fourth-order valence-corrected chi connectivity index (χ4v) is 2.53. The normalized spacial score (nSPS) is 13.4. The number of benzene rings is 1. The smallest absolute Gasteiger partial charge is 0.163 e. The van der Waals surface area contributed by atoms with E-state index in [1.54, 1.807) is 11.3 Å². The lowest BCUT2D eigenvalue weighted by atomic mass is 10.2. The molecular weight excluding hydrogens is 248 g/mol. The number of hydrogen-bond donors (Lipinski definition) is 1. The van der Waals surface area contributed by atoms with Gasteiger partial charge in [-0.05, 0) is 19.1 Å². The van der Waals surface area contributed by atoms with Gasteiger partial charge < -0.3 is 14.8 Å². The van der Waals surface area contributed by atoms with Crippen molar-refractivity contribution >= 4 is 17.0 Å². The van der Waals surface area contributed by atoms with Gasteiger partial charge in [-0.1, -0.05) is 0 Å². The number of thiazole rings is 1. The molecule has 2 aromatic rings. The summed E-state index contributed by atoms with van der Waals surface area (Å²) in [4.78, 5) is 4.41. The van der Waals surface area contributed by atoms with Gasteiger partial charge in [0.25, 0.3) is 0 Å². The average molecular weight is 262 g/mol. The highest BCUT2D eigenvalue weighted by Gasteiger charge is 2.11. The molecule has 2 heterocycles. The molecule has 1 aromatic heterocycles. The van der Waals surface area contributed by atoms with Crippen molar-refractivity contribution in [3.05, 3.63) is 34.3 Å². The fourth-order valence-electron chi connectivity index (χ4n) is 1.81. The number of aryl methyl sites for hydroxylation is 1. The van der Waals surface area contributed by atoms with Crippen LogP contribution in [0.1, 0.15) is 10.7 Å². The third-order valence-electron chi connectivity index (χ3n) is 2.65. The lowest BCUT2D eigenvalue weighted by Gasteiger charge is -2.19. The number of anilines is 1. The zero-order chi connectivity index (χ0) is 12.4. The highest BCUT2D eigenvalue weighted by molar-refractivity contribution is 7.09. The Hall–Kier alpha value is -1.75. The summed E-state index contributed by atoms with van der Waals surface area (Å²) >= 11 is 1.67. The molecule has 18 heavy (non-hydrogen) atoms. The first-order valence-corrected chi connectivity index (χ1v) is 6.74. The Morgan fingerprint density at radius 1 is 1.28 bits per heavy atom. The minimum Gasteiger partial charge on any atom is -0.486 e. The van der Waals surface area contributed by atoms with E-state index in [2.05, 4.69) is 15.7 Å². The number of aromatic nitrogens is 1. The van der Waals surface area contributed by atoms with Crippen molar-refractivity contribution in [1.29, 1.82) is 0 Å². The van der Waals surface area contributed by atoms with Gasteiger partial charge in [-0.3, -0.25) is 0 Å². The molecule has 0 bridgehead atoms. The van der Waals surface area contributed by atoms with Crippen molar-refractivity contribution in [1.82, 2.24) is 4.98 Å². The van der Waals surface area contributed by atoms with E-state index in [-0.39, 0.29) is 0 Å². The van der Waals surface area contributed by atoms with Gasteiger partial charge in [0.2, 0.25) is 0 Å². The van der Waals surface area contributed by atoms with Crippen molar-refractivity contribution in [3.8, 4) is 11.5 Å². The molecule has 0 spiro atoms. The van der Waals surface area contributed by atoms with Crippen LogP contribution in [0.5, 0.6) is 11.5 Å². The molecule has 0 atom stereocenters. The first-order chi connectivity index (χ1) is 8.81. The van der Waals surface area contributed by atoms with Gasteiger partial charge >= 0.3 is 0 Å². The van der Waals surface area contributed by atoms with Crippen LogP contribution in [0, 0.1) is 6.92 Å². The second-order valence-corrected chi connectivity index (χ2v) is 5.04. The Kier molecular flexibility index (Phi) is 3.06. The Morgan fingerprint density at radius 3 is 2.89 bits per heavy atom. The van der Waals surface area contributed by atoms with Gasteiger partial charge in [0, 0.05) is 22.8 Å². The van der Waals surface area contributed by atoms with Gasteiger partial charge in [-0.15, -0.1) is 11.3 Å². The molecule has 1 aromatic carbocycles. The summed E-state index contributed by atoms with van der Waals surface area (Å²) in [6.07, 6.45) is 0. The Labute approximate surface area is 110 Å². The molecule has 5 heteroatoms. The van der Waals surface area contributed by atoms with E-state index in [0.29, 0.717) is 13.2 Å². The summed E-state index contributed by atoms with van der Waals surface area (Å²) in [5, 5.41) is 6.48. The maximum atomic E-state index is 5.54. The lowest BCUT2D eigenvalue weighted by molar-refractivity contribution is 0.171. The summed E-state index contributed by atoms with van der Waals surface area (Å²) in [6, 6.07) is 5.90. The first kappa shape index (κ1) is 11.3. The molecule has 0 saturated heterocycles. The maximum absolute atomic E-state index is 5.54. The zero-order valence-electron chi connectivity index (χ0n) is 10.1. The zero-order valence-corrected chi connectivity index (χ0v) is 10.9. The minimum atomic E-state index is 0.613. The van der Waals surface area contributed by atoms with Crippen LogP contribution in [-0.2, 0) is 6.54 Å². The molecule has 4 nitrogen and oxygen atoms in total. The summed E-state index contributed by atoms with van der Waals surface area (Å²) in [5.74, 6) is 1.62. The molecule has 94 valence electrons. The van der Waals surface area contributed by atoms with Crippen LogP contribution < -0.4 is 14.8 Å². The third kappa shape index (κ3) is 2.41. The fraction of sp³-hybridized carbons (Fsp3) is 0.308. The van der Waals surface area contributed by atoms with Gasteiger partial charge in [0.15, 0.2) is 11.5 Å². The average Bonchev–Trinajstić information content (AvgIpc) is 2.82. The molecule has 0 amide bonds. The third-order valence-corrected chi connectivity index (χ3v) is 3.62. The van der Waals surface area contributed by atoms with Gasteiger partial charge in [0.05, 0.1) is 6.54 Å². The minimum absolute atomic E-state index is 0.613. The first-order valence-electron chi connectivity index (χ1n) is 5.86. The number of ether oxygens (including phenoxy) is 2.